The molecule has 66 heavy (non-hydrogen) atoms. The Morgan fingerprint density at radius 2 is 0.864 bits per heavy atom. The van der Waals surface area contributed by atoms with Crippen LogP contribution in [0.4, 0.5) is 8.78 Å². The molecule has 0 atom stereocenters. The van der Waals surface area contributed by atoms with E-state index in [1.807, 2.05) is 6.07 Å². The van der Waals surface area contributed by atoms with E-state index in [0.29, 0.717) is 76.5 Å². The smallest absolute Gasteiger partial charge is 0.265 e. The van der Waals surface area contributed by atoms with Crippen LogP contribution < -0.4 is 17.2 Å². The Morgan fingerprint density at radius 1 is 0.455 bits per heavy atom. The van der Waals surface area contributed by atoms with Gasteiger partial charge >= 0.3 is 0 Å². The minimum absolute atomic E-state index is 0.126. The van der Waals surface area contributed by atoms with Crippen molar-refractivity contribution in [3.05, 3.63) is 176 Å². The molecule has 9 N–H and O–H groups in total. The number of nitrogens with zero attached hydrogens (tertiary/aromatic N) is 4. The highest BCUT2D eigenvalue weighted by Gasteiger charge is 2.17. The largest absolute Gasteiger partial charge is 0.364 e. The lowest BCUT2D eigenvalue weighted by atomic mass is 9.99. The average Bonchev–Trinajstić information content (AvgIpc) is 4.06. The number of carbonyl (C=O) groups is 3. The molecule has 0 saturated heterocycles. The Kier molecular flexibility index (Phi) is 12.6. The van der Waals surface area contributed by atoms with Gasteiger partial charge in [-0.25, -0.2) is 8.78 Å². The van der Waals surface area contributed by atoms with Gasteiger partial charge < -0.3 is 32.2 Å². The number of nitriles is 4. The molecule has 0 radical (unpaired) electrons. The highest BCUT2D eigenvalue weighted by Crippen LogP contribution is 2.37. The van der Waals surface area contributed by atoms with Gasteiger partial charge in [0.2, 0.25) is 0 Å². The van der Waals surface area contributed by atoms with Gasteiger partial charge in [0.1, 0.15) is 28.7 Å². The maximum Gasteiger partial charge on any atom is 0.265 e. The highest BCUT2D eigenvalue weighted by atomic mass is 35.5. The highest BCUT2D eigenvalue weighted by molar-refractivity contribution is 6.36. The van der Waals surface area contributed by atoms with E-state index in [1.54, 1.807) is 84.9 Å². The molecule has 0 aliphatic carbocycles. The third kappa shape index (κ3) is 9.25. The van der Waals surface area contributed by atoms with Gasteiger partial charge in [-0.2, -0.15) is 21.0 Å². The van der Waals surface area contributed by atoms with Crippen molar-refractivity contribution < 1.29 is 23.2 Å². The Morgan fingerprint density at radius 3 is 1.27 bits per heavy atom. The number of primary amides is 3. The van der Waals surface area contributed by atoms with E-state index in [-0.39, 0.29) is 17.0 Å². The van der Waals surface area contributed by atoms with Crippen molar-refractivity contribution in [2.24, 2.45) is 17.2 Å². The molecule has 3 aromatic heterocycles. The molecule has 0 fully saturated rings. The predicted octanol–water partition coefficient (Wildman–Crippen LogP) is 9.87. The monoisotopic (exact) mass is 912 g/mol. The normalized spacial score (nSPS) is 10.4. The molecule has 13 nitrogen and oxygen atoms in total. The van der Waals surface area contributed by atoms with E-state index in [9.17, 15) is 33.7 Å². The van der Waals surface area contributed by atoms with Crippen LogP contribution in [0.3, 0.4) is 0 Å². The van der Waals surface area contributed by atoms with Gasteiger partial charge in [-0.15, -0.1) is 0 Å². The summed E-state index contributed by atoms with van der Waals surface area (Å²) in [4.78, 5) is 42.8. The minimum Gasteiger partial charge on any atom is -0.364 e. The van der Waals surface area contributed by atoms with Crippen LogP contribution in [0.15, 0.2) is 115 Å². The fourth-order valence-electron chi connectivity index (χ4n) is 7.12. The summed E-state index contributed by atoms with van der Waals surface area (Å²) >= 11 is 12.2. The lowest BCUT2D eigenvalue weighted by Gasteiger charge is -2.07. The Balaban J connectivity index is 0.000000147. The molecule has 0 spiro atoms. The van der Waals surface area contributed by atoms with Crippen LogP contribution in [0, 0.1) is 57.0 Å². The minimum atomic E-state index is -0.758. The Hall–Kier alpha value is -9.25. The molecule has 0 bridgehead atoms. The van der Waals surface area contributed by atoms with E-state index in [1.165, 1.54) is 18.2 Å². The molecule has 0 unspecified atom stereocenters. The van der Waals surface area contributed by atoms with Gasteiger partial charge in [-0.3, -0.25) is 14.4 Å². The van der Waals surface area contributed by atoms with E-state index < -0.39 is 29.4 Å². The van der Waals surface area contributed by atoms with Crippen LogP contribution in [0.25, 0.3) is 66.1 Å². The molecule has 9 rings (SSSR count). The molecule has 0 aliphatic rings. The number of nitrogens with one attached hydrogen (secondary N) is 3. The van der Waals surface area contributed by atoms with E-state index in [0.717, 1.165) is 34.2 Å². The summed E-state index contributed by atoms with van der Waals surface area (Å²) in [5.74, 6) is -3.24. The summed E-state index contributed by atoms with van der Waals surface area (Å²) in [6.07, 6.45) is 0. The van der Waals surface area contributed by atoms with Crippen molar-refractivity contribution in [2.45, 2.75) is 0 Å². The fourth-order valence-corrected chi connectivity index (χ4v) is 7.63. The number of aromatic nitrogens is 3. The number of hydrogen-bond acceptors (Lipinski definition) is 7. The average molecular weight is 914 g/mol. The van der Waals surface area contributed by atoms with E-state index in [4.69, 9.17) is 50.9 Å². The topological polar surface area (TPSA) is 272 Å². The number of carbonyl (C=O) groups excluding carboxylic acids is 3. The van der Waals surface area contributed by atoms with Crippen LogP contribution in [0.5, 0.6) is 0 Å². The van der Waals surface area contributed by atoms with Crippen molar-refractivity contribution in [3.8, 4) is 57.7 Å². The summed E-state index contributed by atoms with van der Waals surface area (Å²) in [7, 11) is 0. The number of benzene rings is 6. The lowest BCUT2D eigenvalue weighted by Crippen LogP contribution is -2.10. The molecule has 3 heterocycles. The molecule has 0 aliphatic heterocycles. The van der Waals surface area contributed by atoms with Crippen molar-refractivity contribution in [3.63, 3.8) is 0 Å². The SMILES string of the molecule is N#Cc1cc(-c2ccc(Cl)cc2Cl)c2[nH]c(C(N)=O)cc2c1.N#Cc1cc(-c2ccc(F)cc2F)c2[nH]c(C(N)=O)cc2c1.N#Cc1ccc(-c2cc(C#N)cc3cc(C(N)=O)[nH]c23)cc1. The number of fused-ring (bicyclic) bond motifs is 3. The molecule has 9 aromatic rings. The van der Waals surface area contributed by atoms with Crippen LogP contribution in [-0.4, -0.2) is 32.7 Å². The maximum absolute atomic E-state index is 14.0. The van der Waals surface area contributed by atoms with Crippen molar-refractivity contribution in [2.75, 3.05) is 0 Å². The summed E-state index contributed by atoms with van der Waals surface area (Å²) in [6.45, 7) is 0. The zero-order valence-electron chi connectivity index (χ0n) is 33.7. The van der Waals surface area contributed by atoms with E-state index >= 15 is 0 Å². The Bertz CT molecular complexity index is 3480. The third-order valence-corrected chi connectivity index (χ3v) is 10.7. The number of rotatable bonds is 6. The standard InChI is InChI=1S/C17H10N4O.C16H9Cl2N3O.C16H9F2N3O/c18-8-10-1-3-12(4-2-10)14-6-11(9-19)5-13-7-15(17(20)22)21-16(13)14;2*17-10-1-2-11(13(18)6-10)12-4-8(7-19)3-9-5-14(16(20)22)21-15(9)12/h1-7,21H,(H2,20,22);2*1-6,21H,(H2,20,22). The number of aromatic amines is 3. The second-order valence-electron chi connectivity index (χ2n) is 14.4. The molecule has 320 valence electrons. The van der Waals surface area contributed by atoms with Gasteiger partial charge in [0.05, 0.1) is 63.1 Å². The van der Waals surface area contributed by atoms with Crippen LogP contribution in [-0.2, 0) is 0 Å². The lowest BCUT2D eigenvalue weighted by molar-refractivity contribution is 0.0988. The molecule has 6 aromatic carbocycles. The molecule has 0 saturated carbocycles. The van der Waals surface area contributed by atoms with E-state index in [2.05, 4.69) is 33.2 Å². The summed E-state index contributed by atoms with van der Waals surface area (Å²) < 4.78 is 27.1. The van der Waals surface area contributed by atoms with Gasteiger partial charge in [0.15, 0.2) is 0 Å². The Labute approximate surface area is 382 Å². The summed E-state index contributed by atoms with van der Waals surface area (Å²) in [6, 6.07) is 38.1. The summed E-state index contributed by atoms with van der Waals surface area (Å²) in [5, 5.41) is 39.3. The van der Waals surface area contributed by atoms with Crippen LogP contribution in [0.1, 0.15) is 53.7 Å². The number of nitrogens with two attached hydrogens (primary N) is 3. The molecule has 17 heteroatoms. The van der Waals surface area contributed by atoms with Gasteiger partial charge in [-0.1, -0.05) is 41.4 Å². The zero-order valence-corrected chi connectivity index (χ0v) is 35.2. The number of hydrogen-bond donors (Lipinski definition) is 6. The molecular formula is C49H28Cl2F2N10O3. The fraction of sp³-hybridized carbons (Fsp3) is 0. The number of H-pyrrole nitrogens is 3. The van der Waals surface area contributed by atoms with Gasteiger partial charge in [0, 0.05) is 60.1 Å². The van der Waals surface area contributed by atoms with Crippen LogP contribution in [0.2, 0.25) is 10.0 Å². The van der Waals surface area contributed by atoms with Crippen LogP contribution >= 0.6 is 23.2 Å². The third-order valence-electron chi connectivity index (χ3n) is 10.1. The first-order valence-corrected chi connectivity index (χ1v) is 19.9. The first-order chi connectivity index (χ1) is 31.6. The number of halogens is 4. The molecular weight excluding hydrogens is 886 g/mol. The van der Waals surface area contributed by atoms with Crippen molar-refractivity contribution in [1.82, 2.24) is 15.0 Å². The number of amides is 3. The first kappa shape index (κ1) is 44.8. The van der Waals surface area contributed by atoms with Gasteiger partial charge in [0.25, 0.3) is 17.7 Å². The maximum atomic E-state index is 14.0. The summed E-state index contributed by atoms with van der Waals surface area (Å²) in [5.41, 5.74) is 23.8. The van der Waals surface area contributed by atoms with Crippen molar-refractivity contribution >= 4 is 73.6 Å². The van der Waals surface area contributed by atoms with Crippen molar-refractivity contribution in [1.29, 1.82) is 21.0 Å². The predicted molar refractivity (Wildman–Crippen MR) is 246 cm³/mol. The van der Waals surface area contributed by atoms with Gasteiger partial charge in [-0.05, 0) is 96.6 Å². The molecule has 3 amide bonds. The first-order valence-electron chi connectivity index (χ1n) is 19.1. The second-order valence-corrected chi connectivity index (χ2v) is 15.2. The zero-order chi connectivity index (χ0) is 47.4. The second kappa shape index (κ2) is 18.6. The quantitative estimate of drug-likeness (QED) is 0.0938.